The van der Waals surface area contributed by atoms with Gasteiger partial charge in [0, 0.05) is 31.4 Å². The largest absolute Gasteiger partial charge is 0.338 e. The second-order valence-electron chi connectivity index (χ2n) is 5.60. The number of carbonyl (C=O) groups is 1. The van der Waals surface area contributed by atoms with Crippen LogP contribution in [0.15, 0.2) is 24.5 Å². The zero-order chi connectivity index (χ0) is 14.2. The van der Waals surface area contributed by atoms with Crippen molar-refractivity contribution in [2.45, 2.75) is 45.1 Å². The number of nitrogens with zero attached hydrogens (tertiary/aromatic N) is 2. The van der Waals surface area contributed by atoms with E-state index in [2.05, 4.69) is 4.98 Å². The molecule has 0 atom stereocenters. The van der Waals surface area contributed by atoms with Crippen LogP contribution in [0.1, 0.15) is 44.1 Å². The van der Waals surface area contributed by atoms with Gasteiger partial charge >= 0.3 is 0 Å². The molecule has 1 heterocycles. The molecule has 4 nitrogen and oxygen atoms in total. The molecule has 1 aromatic rings. The summed E-state index contributed by atoms with van der Waals surface area (Å²) in [5, 5.41) is 0. The van der Waals surface area contributed by atoms with E-state index in [4.69, 9.17) is 5.73 Å². The van der Waals surface area contributed by atoms with Crippen LogP contribution in [0.2, 0.25) is 0 Å². The molecule has 4 heteroatoms. The molecule has 110 valence electrons. The Hall–Kier alpha value is -1.42. The highest BCUT2D eigenvalue weighted by Crippen LogP contribution is 2.26. The molecule has 1 saturated carbocycles. The summed E-state index contributed by atoms with van der Waals surface area (Å²) in [6.07, 6.45) is 10.2. The minimum atomic E-state index is 0.221. The monoisotopic (exact) mass is 275 g/mol. The van der Waals surface area contributed by atoms with Crippen LogP contribution in [0.3, 0.4) is 0 Å². The molecule has 1 fully saturated rings. The zero-order valence-corrected chi connectivity index (χ0v) is 12.1. The SMILES string of the molecule is NCCCN(Cc1cccnc1)C(=O)C1CCCCC1. The van der Waals surface area contributed by atoms with Crippen LogP contribution < -0.4 is 5.73 Å². The van der Waals surface area contributed by atoms with E-state index in [0.717, 1.165) is 31.4 Å². The summed E-state index contributed by atoms with van der Waals surface area (Å²) in [5.74, 6) is 0.528. The van der Waals surface area contributed by atoms with Crippen LogP contribution in [-0.4, -0.2) is 28.9 Å². The molecule has 1 aliphatic rings. The summed E-state index contributed by atoms with van der Waals surface area (Å²) in [5.41, 5.74) is 6.69. The molecule has 1 aromatic heterocycles. The Morgan fingerprint density at radius 2 is 2.15 bits per heavy atom. The van der Waals surface area contributed by atoms with Crippen molar-refractivity contribution in [2.75, 3.05) is 13.1 Å². The number of rotatable bonds is 6. The normalized spacial score (nSPS) is 16.1. The highest BCUT2D eigenvalue weighted by Gasteiger charge is 2.25. The number of hydrogen-bond acceptors (Lipinski definition) is 3. The van der Waals surface area contributed by atoms with Gasteiger partial charge in [0.25, 0.3) is 0 Å². The molecule has 0 saturated heterocycles. The quantitative estimate of drug-likeness (QED) is 0.867. The smallest absolute Gasteiger partial charge is 0.225 e. The maximum atomic E-state index is 12.7. The molecule has 1 aliphatic carbocycles. The lowest BCUT2D eigenvalue weighted by Crippen LogP contribution is -2.37. The minimum Gasteiger partial charge on any atom is -0.338 e. The van der Waals surface area contributed by atoms with Gasteiger partial charge in [0.15, 0.2) is 0 Å². The molecular weight excluding hydrogens is 250 g/mol. The van der Waals surface area contributed by atoms with Crippen LogP contribution in [0, 0.1) is 5.92 Å². The standard InChI is InChI=1S/C16H25N3O/c17-9-5-11-19(13-14-6-4-10-18-12-14)16(20)15-7-2-1-3-8-15/h4,6,10,12,15H,1-3,5,7-9,11,13,17H2. The van der Waals surface area contributed by atoms with E-state index in [1.54, 1.807) is 6.20 Å². The summed E-state index contributed by atoms with van der Waals surface area (Å²) in [6, 6.07) is 3.94. The average Bonchev–Trinajstić information content (AvgIpc) is 2.52. The van der Waals surface area contributed by atoms with Crippen molar-refractivity contribution in [1.82, 2.24) is 9.88 Å². The van der Waals surface area contributed by atoms with Gasteiger partial charge in [-0.25, -0.2) is 0 Å². The van der Waals surface area contributed by atoms with Crippen molar-refractivity contribution < 1.29 is 4.79 Å². The highest BCUT2D eigenvalue weighted by atomic mass is 16.2. The number of aromatic nitrogens is 1. The highest BCUT2D eigenvalue weighted by molar-refractivity contribution is 5.78. The van der Waals surface area contributed by atoms with Crippen molar-refractivity contribution >= 4 is 5.91 Å². The van der Waals surface area contributed by atoms with Crippen molar-refractivity contribution in [3.63, 3.8) is 0 Å². The summed E-state index contributed by atoms with van der Waals surface area (Å²) in [4.78, 5) is 18.8. The maximum Gasteiger partial charge on any atom is 0.225 e. The predicted octanol–water partition coefficient (Wildman–Crippen LogP) is 2.34. The fourth-order valence-corrected chi connectivity index (χ4v) is 2.87. The molecule has 1 amide bonds. The Balaban J connectivity index is 2.00. The molecule has 20 heavy (non-hydrogen) atoms. The third-order valence-electron chi connectivity index (χ3n) is 3.99. The number of amides is 1. The molecule has 2 rings (SSSR count). The van der Waals surface area contributed by atoms with Crippen LogP contribution >= 0.6 is 0 Å². The van der Waals surface area contributed by atoms with E-state index in [0.29, 0.717) is 19.0 Å². The Labute approximate surface area is 121 Å². The lowest BCUT2D eigenvalue weighted by atomic mass is 9.88. The van der Waals surface area contributed by atoms with Gasteiger partial charge in [-0.15, -0.1) is 0 Å². The molecule has 0 spiro atoms. The van der Waals surface area contributed by atoms with Crippen molar-refractivity contribution in [3.05, 3.63) is 30.1 Å². The summed E-state index contributed by atoms with van der Waals surface area (Å²) < 4.78 is 0. The Bertz CT molecular complexity index is 401. The van der Waals surface area contributed by atoms with Gasteiger partial charge in [-0.1, -0.05) is 25.3 Å². The molecule has 0 aromatic carbocycles. The first-order valence-electron chi connectivity index (χ1n) is 7.69. The molecular formula is C16H25N3O. The van der Waals surface area contributed by atoms with Crippen LogP contribution in [0.4, 0.5) is 0 Å². The lowest BCUT2D eigenvalue weighted by molar-refractivity contribution is -0.137. The summed E-state index contributed by atoms with van der Waals surface area (Å²) in [6.45, 7) is 2.03. The number of pyridine rings is 1. The number of nitrogens with two attached hydrogens (primary N) is 1. The van der Waals surface area contributed by atoms with Crippen molar-refractivity contribution in [1.29, 1.82) is 0 Å². The van der Waals surface area contributed by atoms with Gasteiger partial charge < -0.3 is 10.6 Å². The van der Waals surface area contributed by atoms with Crippen molar-refractivity contribution in [2.24, 2.45) is 11.7 Å². The zero-order valence-electron chi connectivity index (χ0n) is 12.1. The van der Waals surface area contributed by atoms with E-state index >= 15 is 0 Å². The fraction of sp³-hybridized carbons (Fsp3) is 0.625. The van der Waals surface area contributed by atoms with Gasteiger partial charge in [-0.05, 0) is 37.4 Å². The van der Waals surface area contributed by atoms with Crippen LogP contribution in [0.5, 0.6) is 0 Å². The molecule has 0 radical (unpaired) electrons. The third kappa shape index (κ3) is 4.30. The van der Waals surface area contributed by atoms with Crippen molar-refractivity contribution in [3.8, 4) is 0 Å². The van der Waals surface area contributed by atoms with E-state index in [1.807, 2.05) is 23.2 Å². The van der Waals surface area contributed by atoms with Gasteiger partial charge in [0.1, 0.15) is 0 Å². The Kier molecular flexibility index (Phi) is 5.99. The first kappa shape index (κ1) is 15.0. The Morgan fingerprint density at radius 1 is 1.35 bits per heavy atom. The summed E-state index contributed by atoms with van der Waals surface area (Å²) in [7, 11) is 0. The third-order valence-corrected chi connectivity index (χ3v) is 3.99. The maximum absolute atomic E-state index is 12.7. The molecule has 0 unspecified atom stereocenters. The lowest BCUT2D eigenvalue weighted by Gasteiger charge is -2.29. The fourth-order valence-electron chi connectivity index (χ4n) is 2.87. The van der Waals surface area contributed by atoms with E-state index in [-0.39, 0.29) is 5.92 Å². The van der Waals surface area contributed by atoms with Crippen LogP contribution in [-0.2, 0) is 11.3 Å². The first-order valence-corrected chi connectivity index (χ1v) is 7.69. The molecule has 0 bridgehead atoms. The number of carbonyl (C=O) groups excluding carboxylic acids is 1. The van der Waals surface area contributed by atoms with Gasteiger partial charge in [-0.3, -0.25) is 9.78 Å². The summed E-state index contributed by atoms with van der Waals surface area (Å²) >= 11 is 0. The topological polar surface area (TPSA) is 59.2 Å². The van der Waals surface area contributed by atoms with E-state index < -0.39 is 0 Å². The molecule has 0 aliphatic heterocycles. The van der Waals surface area contributed by atoms with Crippen LogP contribution in [0.25, 0.3) is 0 Å². The second-order valence-corrected chi connectivity index (χ2v) is 5.60. The Morgan fingerprint density at radius 3 is 2.80 bits per heavy atom. The molecule has 2 N–H and O–H groups in total. The first-order chi connectivity index (χ1) is 9.81. The minimum absolute atomic E-state index is 0.221. The van der Waals surface area contributed by atoms with Gasteiger partial charge in [0.05, 0.1) is 0 Å². The van der Waals surface area contributed by atoms with Gasteiger partial charge in [-0.2, -0.15) is 0 Å². The average molecular weight is 275 g/mol. The predicted molar refractivity (Wildman–Crippen MR) is 79.9 cm³/mol. The van der Waals surface area contributed by atoms with Gasteiger partial charge in [0.2, 0.25) is 5.91 Å². The van der Waals surface area contributed by atoms with E-state index in [9.17, 15) is 4.79 Å². The van der Waals surface area contributed by atoms with E-state index in [1.165, 1.54) is 19.3 Å². The number of hydrogen-bond donors (Lipinski definition) is 1. The second kappa shape index (κ2) is 8.00.